The number of amides is 2. The second-order valence-corrected chi connectivity index (χ2v) is 8.08. The fourth-order valence-corrected chi connectivity index (χ4v) is 3.72. The molecular formula is C17H25N3O2. The topological polar surface area (TPSA) is 82.0 Å². The molecule has 120 valence electrons. The molecule has 3 rings (SSSR count). The SMILES string of the molecule is CC1(C)CC1CCC(=O)NC(C#N)CC1CC2(CC2)NC1=O. The average Bonchev–Trinajstić information content (AvgIpc) is 3.29. The van der Waals surface area contributed by atoms with Gasteiger partial charge >= 0.3 is 0 Å². The lowest BCUT2D eigenvalue weighted by molar-refractivity contribution is -0.124. The monoisotopic (exact) mass is 303 g/mol. The second kappa shape index (κ2) is 5.26. The minimum Gasteiger partial charge on any atom is -0.350 e. The average molecular weight is 303 g/mol. The zero-order chi connectivity index (χ0) is 16.0. The van der Waals surface area contributed by atoms with E-state index in [1.54, 1.807) is 0 Å². The van der Waals surface area contributed by atoms with Crippen LogP contribution in [0.2, 0.25) is 0 Å². The van der Waals surface area contributed by atoms with Crippen molar-refractivity contribution in [2.45, 2.75) is 70.4 Å². The third-order valence-electron chi connectivity index (χ3n) is 5.70. The van der Waals surface area contributed by atoms with Gasteiger partial charge in [-0.05, 0) is 49.9 Å². The number of nitriles is 1. The summed E-state index contributed by atoms with van der Waals surface area (Å²) in [4.78, 5) is 23.9. The van der Waals surface area contributed by atoms with E-state index in [2.05, 4.69) is 30.6 Å². The van der Waals surface area contributed by atoms with Crippen LogP contribution >= 0.6 is 0 Å². The Balaban J connectivity index is 1.43. The largest absolute Gasteiger partial charge is 0.350 e. The van der Waals surface area contributed by atoms with Gasteiger partial charge in [0.2, 0.25) is 11.8 Å². The zero-order valence-electron chi connectivity index (χ0n) is 13.4. The summed E-state index contributed by atoms with van der Waals surface area (Å²) in [6.45, 7) is 4.44. The van der Waals surface area contributed by atoms with Crippen molar-refractivity contribution in [2.24, 2.45) is 17.3 Å². The number of hydrogen-bond donors (Lipinski definition) is 2. The molecule has 5 nitrogen and oxygen atoms in total. The van der Waals surface area contributed by atoms with Gasteiger partial charge in [-0.2, -0.15) is 5.26 Å². The Bertz CT molecular complexity index is 531. The highest BCUT2D eigenvalue weighted by Gasteiger charge is 2.52. The fourth-order valence-electron chi connectivity index (χ4n) is 3.72. The van der Waals surface area contributed by atoms with Gasteiger partial charge in [-0.15, -0.1) is 0 Å². The molecule has 2 saturated carbocycles. The zero-order valence-corrected chi connectivity index (χ0v) is 13.4. The van der Waals surface area contributed by atoms with Crippen LogP contribution in [0.3, 0.4) is 0 Å². The first kappa shape index (κ1) is 15.3. The highest BCUT2D eigenvalue weighted by atomic mass is 16.2. The van der Waals surface area contributed by atoms with Crippen LogP contribution in [0.1, 0.15) is 58.8 Å². The molecule has 2 aliphatic carbocycles. The molecule has 3 fully saturated rings. The smallest absolute Gasteiger partial charge is 0.223 e. The third-order valence-corrected chi connectivity index (χ3v) is 5.70. The number of rotatable bonds is 6. The molecule has 3 atom stereocenters. The maximum Gasteiger partial charge on any atom is 0.223 e. The number of nitrogens with one attached hydrogen (secondary N) is 2. The molecule has 1 spiro atoms. The molecule has 0 radical (unpaired) electrons. The molecule has 2 amide bonds. The van der Waals surface area contributed by atoms with Crippen LogP contribution in [-0.2, 0) is 9.59 Å². The maximum absolute atomic E-state index is 12.0. The molecule has 0 aromatic rings. The van der Waals surface area contributed by atoms with Crippen LogP contribution < -0.4 is 10.6 Å². The molecule has 1 heterocycles. The van der Waals surface area contributed by atoms with Crippen LogP contribution in [0.5, 0.6) is 0 Å². The Morgan fingerprint density at radius 3 is 2.64 bits per heavy atom. The quantitative estimate of drug-likeness (QED) is 0.786. The van der Waals surface area contributed by atoms with Gasteiger partial charge in [0.05, 0.1) is 6.07 Å². The van der Waals surface area contributed by atoms with Gasteiger partial charge in [-0.25, -0.2) is 0 Å². The lowest BCUT2D eigenvalue weighted by Crippen LogP contribution is -2.36. The third kappa shape index (κ3) is 3.26. The normalized spacial score (nSPS) is 31.2. The van der Waals surface area contributed by atoms with Crippen LogP contribution in [0.15, 0.2) is 0 Å². The summed E-state index contributed by atoms with van der Waals surface area (Å²) in [5.41, 5.74) is 0.415. The van der Waals surface area contributed by atoms with E-state index in [0.717, 1.165) is 25.7 Å². The van der Waals surface area contributed by atoms with Gasteiger partial charge < -0.3 is 10.6 Å². The Hall–Kier alpha value is -1.57. The standard InChI is InChI=1S/C17H25N3O2/c1-16(2)9-12(16)3-4-14(21)19-13(10-18)7-11-8-17(5-6-17)20-15(11)22/h11-13H,3-9H2,1-2H3,(H,19,21)(H,20,22). The van der Waals surface area contributed by atoms with Gasteiger partial charge in [-0.3, -0.25) is 9.59 Å². The minimum atomic E-state index is -0.552. The molecule has 1 aliphatic heterocycles. The van der Waals surface area contributed by atoms with Crippen molar-refractivity contribution in [1.29, 1.82) is 5.26 Å². The number of nitrogens with zero attached hydrogens (tertiary/aromatic N) is 1. The minimum absolute atomic E-state index is 0.0311. The summed E-state index contributed by atoms with van der Waals surface area (Å²) >= 11 is 0. The predicted octanol–water partition coefficient (Wildman–Crippen LogP) is 1.88. The Labute approximate surface area is 131 Å². The van der Waals surface area contributed by atoms with Crippen LogP contribution in [0.4, 0.5) is 0 Å². The second-order valence-electron chi connectivity index (χ2n) is 8.08. The van der Waals surface area contributed by atoms with E-state index in [0.29, 0.717) is 24.2 Å². The van der Waals surface area contributed by atoms with Gasteiger partial charge in [0.15, 0.2) is 0 Å². The lowest BCUT2D eigenvalue weighted by atomic mass is 9.96. The molecule has 0 aromatic heterocycles. The Kier molecular flexibility index (Phi) is 3.66. The van der Waals surface area contributed by atoms with E-state index in [-0.39, 0.29) is 23.3 Å². The molecule has 22 heavy (non-hydrogen) atoms. The fraction of sp³-hybridized carbons (Fsp3) is 0.824. The Morgan fingerprint density at radius 2 is 2.14 bits per heavy atom. The van der Waals surface area contributed by atoms with Crippen molar-refractivity contribution < 1.29 is 9.59 Å². The number of carbonyl (C=O) groups is 2. The van der Waals surface area contributed by atoms with Gasteiger partial charge in [0, 0.05) is 17.9 Å². The molecule has 0 bridgehead atoms. The summed E-state index contributed by atoms with van der Waals surface area (Å²) in [6, 6.07) is 1.58. The van der Waals surface area contributed by atoms with Crippen LogP contribution in [-0.4, -0.2) is 23.4 Å². The first-order chi connectivity index (χ1) is 10.3. The van der Waals surface area contributed by atoms with Crippen LogP contribution in [0, 0.1) is 28.6 Å². The molecule has 0 aromatic carbocycles. The van der Waals surface area contributed by atoms with Gasteiger partial charge in [-0.1, -0.05) is 13.8 Å². The van der Waals surface area contributed by atoms with Crippen molar-refractivity contribution in [3.05, 3.63) is 0 Å². The predicted molar refractivity (Wildman–Crippen MR) is 81.5 cm³/mol. The van der Waals surface area contributed by atoms with Crippen molar-refractivity contribution in [3.63, 3.8) is 0 Å². The first-order valence-corrected chi connectivity index (χ1v) is 8.35. The van der Waals surface area contributed by atoms with E-state index in [1.807, 2.05) is 0 Å². The summed E-state index contributed by atoms with van der Waals surface area (Å²) in [5, 5.41) is 15.1. The molecule has 1 saturated heterocycles. The van der Waals surface area contributed by atoms with E-state index in [4.69, 9.17) is 0 Å². The Morgan fingerprint density at radius 1 is 1.45 bits per heavy atom. The van der Waals surface area contributed by atoms with Crippen molar-refractivity contribution in [1.82, 2.24) is 10.6 Å². The first-order valence-electron chi connectivity index (χ1n) is 8.35. The summed E-state index contributed by atoms with van der Waals surface area (Å²) in [6.07, 6.45) is 5.91. The van der Waals surface area contributed by atoms with Crippen molar-refractivity contribution in [3.8, 4) is 6.07 Å². The van der Waals surface area contributed by atoms with Crippen molar-refractivity contribution >= 4 is 11.8 Å². The number of carbonyl (C=O) groups excluding carboxylic acids is 2. The molecule has 3 unspecified atom stereocenters. The molecule has 3 aliphatic rings. The number of hydrogen-bond acceptors (Lipinski definition) is 3. The van der Waals surface area contributed by atoms with Crippen LogP contribution in [0.25, 0.3) is 0 Å². The lowest BCUT2D eigenvalue weighted by Gasteiger charge is -2.14. The summed E-state index contributed by atoms with van der Waals surface area (Å²) in [5.74, 6) is 0.490. The van der Waals surface area contributed by atoms with E-state index in [9.17, 15) is 14.9 Å². The van der Waals surface area contributed by atoms with Gasteiger partial charge in [0.1, 0.15) is 6.04 Å². The van der Waals surface area contributed by atoms with E-state index >= 15 is 0 Å². The maximum atomic E-state index is 12.0. The molecular weight excluding hydrogens is 278 g/mol. The van der Waals surface area contributed by atoms with E-state index < -0.39 is 6.04 Å². The molecule has 2 N–H and O–H groups in total. The van der Waals surface area contributed by atoms with Crippen molar-refractivity contribution in [2.75, 3.05) is 0 Å². The highest BCUT2D eigenvalue weighted by molar-refractivity contribution is 5.83. The summed E-state index contributed by atoms with van der Waals surface area (Å²) in [7, 11) is 0. The van der Waals surface area contributed by atoms with Gasteiger partial charge in [0.25, 0.3) is 0 Å². The van der Waals surface area contributed by atoms with E-state index in [1.165, 1.54) is 6.42 Å². The molecule has 5 heteroatoms. The highest BCUT2D eigenvalue weighted by Crippen LogP contribution is 2.54. The summed E-state index contributed by atoms with van der Waals surface area (Å²) < 4.78 is 0.